The van der Waals surface area contributed by atoms with E-state index in [1.165, 1.54) is 6.92 Å². The van der Waals surface area contributed by atoms with Crippen LogP contribution in [0.4, 0.5) is 0 Å². The molecule has 0 saturated carbocycles. The average Bonchev–Trinajstić information content (AvgIpc) is 2.32. The molecule has 2 rings (SSSR count). The molecule has 0 aromatic heterocycles. The minimum Gasteiger partial charge on any atom is -0.295 e. The molecule has 0 unspecified atom stereocenters. The normalized spacial score (nSPS) is 20.0. The maximum Gasteiger partial charge on any atom is 0.179 e. The standard InChI is InChI=1S/C13H16O3S/c1-8-10(9(2)14)5-6-11-12(8)13(3,4)7-17(11,15)16/h5-6H,7H2,1-4H3. The Kier molecular flexibility index (Phi) is 2.47. The Morgan fingerprint density at radius 2 is 1.88 bits per heavy atom. The molecule has 0 radical (unpaired) electrons. The van der Waals surface area contributed by atoms with Crippen LogP contribution in [0.2, 0.25) is 0 Å². The van der Waals surface area contributed by atoms with Crippen LogP contribution >= 0.6 is 0 Å². The highest BCUT2D eigenvalue weighted by Gasteiger charge is 2.42. The lowest BCUT2D eigenvalue weighted by Crippen LogP contribution is -2.20. The van der Waals surface area contributed by atoms with Gasteiger partial charge in [0.2, 0.25) is 0 Å². The summed E-state index contributed by atoms with van der Waals surface area (Å²) < 4.78 is 24.0. The van der Waals surface area contributed by atoms with Gasteiger partial charge in [0.25, 0.3) is 0 Å². The lowest BCUT2D eigenvalue weighted by atomic mass is 9.82. The number of carbonyl (C=O) groups excluding carboxylic acids is 1. The van der Waals surface area contributed by atoms with Crippen LogP contribution in [0.3, 0.4) is 0 Å². The van der Waals surface area contributed by atoms with Gasteiger partial charge in [0, 0.05) is 11.0 Å². The van der Waals surface area contributed by atoms with Crippen molar-refractivity contribution >= 4 is 15.6 Å². The fraction of sp³-hybridized carbons (Fsp3) is 0.462. The predicted molar refractivity (Wildman–Crippen MR) is 66.3 cm³/mol. The Labute approximate surface area is 102 Å². The number of fused-ring (bicyclic) bond motifs is 1. The molecule has 1 heterocycles. The highest BCUT2D eigenvalue weighted by Crippen LogP contribution is 2.42. The van der Waals surface area contributed by atoms with Gasteiger partial charge in [-0.2, -0.15) is 0 Å². The highest BCUT2D eigenvalue weighted by molar-refractivity contribution is 7.91. The van der Waals surface area contributed by atoms with Gasteiger partial charge < -0.3 is 0 Å². The van der Waals surface area contributed by atoms with E-state index in [2.05, 4.69) is 0 Å². The SMILES string of the molecule is CC(=O)c1ccc2c(c1C)C(C)(C)CS2(=O)=O. The van der Waals surface area contributed by atoms with Crippen LogP contribution < -0.4 is 0 Å². The third kappa shape index (κ3) is 1.71. The largest absolute Gasteiger partial charge is 0.295 e. The van der Waals surface area contributed by atoms with Crippen LogP contribution in [0.15, 0.2) is 17.0 Å². The number of hydrogen-bond acceptors (Lipinski definition) is 3. The molecule has 92 valence electrons. The minimum atomic E-state index is -3.19. The molecule has 0 bridgehead atoms. The number of carbonyl (C=O) groups is 1. The van der Waals surface area contributed by atoms with Crippen LogP contribution in [0.1, 0.15) is 42.3 Å². The first-order valence-corrected chi connectivity index (χ1v) is 7.20. The molecule has 0 spiro atoms. The molecule has 0 atom stereocenters. The Balaban J connectivity index is 2.85. The summed E-state index contributed by atoms with van der Waals surface area (Å²) in [6.07, 6.45) is 0. The monoisotopic (exact) mass is 252 g/mol. The quantitative estimate of drug-likeness (QED) is 0.720. The van der Waals surface area contributed by atoms with Crippen molar-refractivity contribution in [1.29, 1.82) is 0 Å². The zero-order valence-corrected chi connectivity index (χ0v) is 11.3. The molecule has 1 aliphatic rings. The third-order valence-corrected chi connectivity index (χ3v) is 5.48. The van der Waals surface area contributed by atoms with Gasteiger partial charge in [-0.3, -0.25) is 4.79 Å². The Morgan fingerprint density at radius 3 is 2.41 bits per heavy atom. The topological polar surface area (TPSA) is 51.2 Å². The lowest BCUT2D eigenvalue weighted by molar-refractivity contribution is 0.101. The first-order chi connectivity index (χ1) is 7.67. The fourth-order valence-electron chi connectivity index (χ4n) is 2.79. The molecule has 1 aliphatic heterocycles. The third-order valence-electron chi connectivity index (χ3n) is 3.37. The number of benzene rings is 1. The lowest BCUT2D eigenvalue weighted by Gasteiger charge is -2.20. The van der Waals surface area contributed by atoms with Gasteiger partial charge in [-0.15, -0.1) is 0 Å². The van der Waals surface area contributed by atoms with E-state index in [-0.39, 0.29) is 11.5 Å². The Hall–Kier alpha value is -1.16. The molecular weight excluding hydrogens is 236 g/mol. The van der Waals surface area contributed by atoms with Crippen molar-refractivity contribution < 1.29 is 13.2 Å². The maximum absolute atomic E-state index is 12.0. The van der Waals surface area contributed by atoms with Gasteiger partial charge in [0.05, 0.1) is 10.6 Å². The van der Waals surface area contributed by atoms with E-state index in [1.54, 1.807) is 12.1 Å². The van der Waals surface area contributed by atoms with Crippen molar-refractivity contribution in [2.75, 3.05) is 5.75 Å². The van der Waals surface area contributed by atoms with E-state index in [4.69, 9.17) is 0 Å². The summed E-state index contributed by atoms with van der Waals surface area (Å²) in [6, 6.07) is 3.19. The van der Waals surface area contributed by atoms with Crippen molar-refractivity contribution in [3.8, 4) is 0 Å². The molecule has 0 aliphatic carbocycles. The summed E-state index contributed by atoms with van der Waals surface area (Å²) >= 11 is 0. The van der Waals surface area contributed by atoms with E-state index >= 15 is 0 Å². The molecule has 4 heteroatoms. The van der Waals surface area contributed by atoms with Crippen LogP contribution in [-0.2, 0) is 15.3 Å². The summed E-state index contributed by atoms with van der Waals surface area (Å²) in [7, 11) is -3.19. The minimum absolute atomic E-state index is 0.0228. The Morgan fingerprint density at radius 1 is 1.29 bits per heavy atom. The molecule has 1 aromatic carbocycles. The van der Waals surface area contributed by atoms with E-state index in [9.17, 15) is 13.2 Å². The van der Waals surface area contributed by atoms with E-state index in [1.807, 2.05) is 20.8 Å². The van der Waals surface area contributed by atoms with Crippen molar-refractivity contribution in [1.82, 2.24) is 0 Å². The highest BCUT2D eigenvalue weighted by atomic mass is 32.2. The molecular formula is C13H16O3S. The molecule has 3 nitrogen and oxygen atoms in total. The first kappa shape index (κ1) is 12.3. The summed E-state index contributed by atoms with van der Waals surface area (Å²) in [5, 5.41) is 0. The van der Waals surface area contributed by atoms with Gasteiger partial charge in [-0.1, -0.05) is 13.8 Å². The smallest absolute Gasteiger partial charge is 0.179 e. The summed E-state index contributed by atoms with van der Waals surface area (Å²) in [5.74, 6) is 0.0998. The zero-order valence-electron chi connectivity index (χ0n) is 10.5. The molecule has 0 amide bonds. The van der Waals surface area contributed by atoms with Crippen molar-refractivity contribution in [3.63, 3.8) is 0 Å². The van der Waals surface area contributed by atoms with Crippen molar-refractivity contribution in [2.45, 2.75) is 38.0 Å². The van der Waals surface area contributed by atoms with Crippen LogP contribution in [0.5, 0.6) is 0 Å². The van der Waals surface area contributed by atoms with Crippen LogP contribution in [0.25, 0.3) is 0 Å². The van der Waals surface area contributed by atoms with E-state index < -0.39 is 15.3 Å². The van der Waals surface area contributed by atoms with E-state index in [0.717, 1.165) is 11.1 Å². The summed E-state index contributed by atoms with van der Waals surface area (Å²) in [4.78, 5) is 11.9. The number of sulfone groups is 1. The second-order valence-electron chi connectivity index (χ2n) is 5.31. The maximum atomic E-state index is 12.0. The molecule has 0 N–H and O–H groups in total. The second-order valence-corrected chi connectivity index (χ2v) is 7.27. The van der Waals surface area contributed by atoms with Gasteiger partial charge in [0.15, 0.2) is 15.6 Å². The zero-order chi connectivity index (χ0) is 13.0. The second kappa shape index (κ2) is 3.42. The van der Waals surface area contributed by atoms with Gasteiger partial charge >= 0.3 is 0 Å². The molecule has 0 saturated heterocycles. The number of ketones is 1. The van der Waals surface area contributed by atoms with Gasteiger partial charge in [-0.05, 0) is 37.1 Å². The number of hydrogen-bond donors (Lipinski definition) is 0. The summed E-state index contributed by atoms with van der Waals surface area (Å²) in [5.41, 5.74) is 1.82. The molecule has 17 heavy (non-hydrogen) atoms. The number of rotatable bonds is 1. The van der Waals surface area contributed by atoms with Crippen molar-refractivity contribution in [2.24, 2.45) is 0 Å². The summed E-state index contributed by atoms with van der Waals surface area (Å²) in [6.45, 7) is 7.16. The average molecular weight is 252 g/mol. The van der Waals surface area contributed by atoms with Crippen LogP contribution in [-0.4, -0.2) is 20.0 Å². The van der Waals surface area contributed by atoms with Gasteiger partial charge in [-0.25, -0.2) is 8.42 Å². The van der Waals surface area contributed by atoms with Gasteiger partial charge in [0.1, 0.15) is 0 Å². The first-order valence-electron chi connectivity index (χ1n) is 5.54. The molecule has 0 fully saturated rings. The van der Waals surface area contributed by atoms with Crippen LogP contribution in [0, 0.1) is 6.92 Å². The van der Waals surface area contributed by atoms with Crippen molar-refractivity contribution in [3.05, 3.63) is 28.8 Å². The predicted octanol–water partition coefficient (Wildman–Crippen LogP) is 2.26. The van der Waals surface area contributed by atoms with E-state index in [0.29, 0.717) is 10.5 Å². The molecule has 1 aromatic rings. The Bertz CT molecular complexity index is 610. The number of Topliss-reactive ketones (excluding diaryl/α,β-unsaturated/α-hetero) is 1. The fourth-order valence-corrected chi connectivity index (χ4v) is 5.06.